The molecule has 0 unspecified atom stereocenters. The second kappa shape index (κ2) is 6.53. The van der Waals surface area contributed by atoms with Gasteiger partial charge in [0.25, 0.3) is 0 Å². The first-order chi connectivity index (χ1) is 12.2. The molecule has 1 amide bonds. The smallest absolute Gasteiger partial charge is 0.230 e. The maximum absolute atomic E-state index is 12.5. The number of hydrogen-bond acceptors (Lipinski definition) is 3. The summed E-state index contributed by atoms with van der Waals surface area (Å²) in [6.45, 7) is 2.02. The monoisotopic (exact) mass is 347 g/mol. The van der Waals surface area contributed by atoms with E-state index in [-0.39, 0.29) is 5.91 Å². The van der Waals surface area contributed by atoms with Crippen LogP contribution >= 0.6 is 11.3 Å². The van der Waals surface area contributed by atoms with Crippen LogP contribution in [0.2, 0.25) is 0 Å². The number of anilines is 1. The summed E-state index contributed by atoms with van der Waals surface area (Å²) in [5.41, 5.74) is 3.69. The van der Waals surface area contributed by atoms with Gasteiger partial charge in [0.2, 0.25) is 5.91 Å². The Labute approximate surface area is 149 Å². The van der Waals surface area contributed by atoms with Gasteiger partial charge in [-0.25, -0.2) is 4.98 Å². The maximum Gasteiger partial charge on any atom is 0.230 e. The Morgan fingerprint density at radius 1 is 1.12 bits per heavy atom. The Hall–Kier alpha value is -2.92. The minimum atomic E-state index is -0.0389. The number of nitrogens with one attached hydrogen (secondary N) is 1. The molecule has 0 aliphatic heterocycles. The Kier molecular flexibility index (Phi) is 4.07. The lowest BCUT2D eigenvalue weighted by molar-refractivity contribution is -0.115. The molecule has 0 radical (unpaired) electrons. The average Bonchev–Trinajstić information content (AvgIpc) is 3.25. The average molecular weight is 347 g/mol. The normalized spacial score (nSPS) is 10.9. The number of amides is 1. The summed E-state index contributed by atoms with van der Waals surface area (Å²) in [5, 5.41) is 5.05. The molecule has 1 N–H and O–H groups in total. The van der Waals surface area contributed by atoms with Crippen molar-refractivity contribution in [3.63, 3.8) is 0 Å². The van der Waals surface area contributed by atoms with Crippen LogP contribution in [0.25, 0.3) is 16.9 Å². The quantitative estimate of drug-likeness (QED) is 0.588. The molecule has 4 aromatic rings. The Balaban J connectivity index is 1.78. The van der Waals surface area contributed by atoms with Crippen molar-refractivity contribution < 1.29 is 4.79 Å². The molecule has 0 aliphatic carbocycles. The van der Waals surface area contributed by atoms with Crippen LogP contribution in [0, 0.1) is 6.92 Å². The highest BCUT2D eigenvalue weighted by Crippen LogP contribution is 2.30. The second-order valence-corrected chi connectivity index (χ2v) is 6.90. The largest absolute Gasteiger partial charge is 0.310 e. The third kappa shape index (κ3) is 3.06. The Bertz CT molecular complexity index is 1020. The number of carbonyl (C=O) groups excluding carboxylic acids is 1. The minimum absolute atomic E-state index is 0.0389. The first-order valence-electron chi connectivity index (χ1n) is 8.08. The van der Waals surface area contributed by atoms with Crippen LogP contribution < -0.4 is 5.32 Å². The Morgan fingerprint density at radius 2 is 1.96 bits per heavy atom. The zero-order chi connectivity index (χ0) is 17.2. The number of aromatic nitrogens is 2. The van der Waals surface area contributed by atoms with Gasteiger partial charge in [-0.2, -0.15) is 0 Å². The standard InChI is InChI=1S/C20H17N3OS/c1-14-7-5-11-23-19(14)22-18(15-8-3-2-4-9-15)20(23)21-17(24)13-16-10-6-12-25-16/h2-12H,13H2,1H3,(H,21,24). The SMILES string of the molecule is Cc1cccn2c(NC(=O)Cc3cccs3)c(-c3ccccc3)nc12. The van der Waals surface area contributed by atoms with Gasteiger partial charge in [-0.1, -0.05) is 42.5 Å². The predicted octanol–water partition coefficient (Wildman–Crippen LogP) is 4.55. The molecule has 0 saturated carbocycles. The van der Waals surface area contributed by atoms with E-state index in [1.165, 1.54) is 0 Å². The number of fused-ring (bicyclic) bond motifs is 1. The molecule has 0 atom stereocenters. The van der Waals surface area contributed by atoms with E-state index in [1.807, 2.05) is 77.5 Å². The van der Waals surface area contributed by atoms with Crippen molar-refractivity contribution in [2.75, 3.05) is 5.32 Å². The predicted molar refractivity (Wildman–Crippen MR) is 102 cm³/mol. The summed E-state index contributed by atoms with van der Waals surface area (Å²) in [6, 6.07) is 17.9. The van der Waals surface area contributed by atoms with E-state index in [1.54, 1.807) is 11.3 Å². The molecule has 0 saturated heterocycles. The van der Waals surface area contributed by atoms with Crippen molar-refractivity contribution in [2.45, 2.75) is 13.3 Å². The third-order valence-corrected chi connectivity index (χ3v) is 4.94. The molecule has 4 nitrogen and oxygen atoms in total. The van der Waals surface area contributed by atoms with E-state index in [2.05, 4.69) is 5.32 Å². The highest BCUT2D eigenvalue weighted by atomic mass is 32.1. The molecule has 1 aromatic carbocycles. The van der Waals surface area contributed by atoms with E-state index in [0.29, 0.717) is 12.2 Å². The van der Waals surface area contributed by atoms with Crippen LogP contribution in [0.4, 0.5) is 5.82 Å². The lowest BCUT2D eigenvalue weighted by atomic mass is 10.1. The summed E-state index contributed by atoms with van der Waals surface area (Å²) in [6.07, 6.45) is 2.30. The van der Waals surface area contributed by atoms with Gasteiger partial charge in [0.05, 0.1) is 6.42 Å². The highest BCUT2D eigenvalue weighted by molar-refractivity contribution is 7.10. The fraction of sp³-hybridized carbons (Fsp3) is 0.100. The van der Waals surface area contributed by atoms with E-state index in [9.17, 15) is 4.79 Å². The number of hydrogen-bond donors (Lipinski definition) is 1. The van der Waals surface area contributed by atoms with Crippen LogP contribution in [-0.2, 0) is 11.2 Å². The maximum atomic E-state index is 12.5. The van der Waals surface area contributed by atoms with E-state index >= 15 is 0 Å². The van der Waals surface area contributed by atoms with Crippen LogP contribution in [0.5, 0.6) is 0 Å². The minimum Gasteiger partial charge on any atom is -0.310 e. The summed E-state index contributed by atoms with van der Waals surface area (Å²) < 4.78 is 1.95. The molecular formula is C20H17N3OS. The zero-order valence-electron chi connectivity index (χ0n) is 13.8. The van der Waals surface area contributed by atoms with E-state index in [0.717, 1.165) is 27.3 Å². The van der Waals surface area contributed by atoms with Gasteiger partial charge in [0, 0.05) is 16.6 Å². The molecule has 4 rings (SSSR count). The molecule has 0 aliphatic rings. The van der Waals surface area contributed by atoms with Crippen molar-refractivity contribution >= 4 is 28.7 Å². The lowest BCUT2D eigenvalue weighted by Crippen LogP contribution is -2.15. The molecule has 3 aromatic heterocycles. The first kappa shape index (κ1) is 15.6. The summed E-state index contributed by atoms with van der Waals surface area (Å²) >= 11 is 1.59. The van der Waals surface area contributed by atoms with Gasteiger partial charge in [-0.3, -0.25) is 9.20 Å². The van der Waals surface area contributed by atoms with Crippen molar-refractivity contribution in [2.24, 2.45) is 0 Å². The summed E-state index contributed by atoms with van der Waals surface area (Å²) in [5.74, 6) is 0.675. The van der Waals surface area contributed by atoms with Crippen LogP contribution in [-0.4, -0.2) is 15.3 Å². The number of nitrogens with zero attached hydrogens (tertiary/aromatic N) is 2. The summed E-state index contributed by atoms with van der Waals surface area (Å²) in [4.78, 5) is 18.4. The molecule has 0 bridgehead atoms. The topological polar surface area (TPSA) is 46.4 Å². The lowest BCUT2D eigenvalue weighted by Gasteiger charge is -2.07. The van der Waals surface area contributed by atoms with Gasteiger partial charge in [-0.05, 0) is 30.0 Å². The number of pyridine rings is 1. The number of imidazole rings is 1. The number of rotatable bonds is 4. The molecule has 3 heterocycles. The van der Waals surface area contributed by atoms with Gasteiger partial charge >= 0.3 is 0 Å². The number of carbonyl (C=O) groups is 1. The van der Waals surface area contributed by atoms with Gasteiger partial charge < -0.3 is 5.32 Å². The van der Waals surface area contributed by atoms with Gasteiger partial charge in [0.1, 0.15) is 17.2 Å². The van der Waals surface area contributed by atoms with Crippen molar-refractivity contribution in [3.05, 3.63) is 76.6 Å². The Morgan fingerprint density at radius 3 is 2.72 bits per heavy atom. The van der Waals surface area contributed by atoms with Gasteiger partial charge in [0.15, 0.2) is 0 Å². The molecule has 5 heteroatoms. The molecule has 0 spiro atoms. The van der Waals surface area contributed by atoms with Crippen LogP contribution in [0.15, 0.2) is 66.2 Å². The summed E-state index contributed by atoms with van der Waals surface area (Å²) in [7, 11) is 0. The molecule has 0 fully saturated rings. The van der Waals surface area contributed by atoms with Crippen molar-refractivity contribution in [1.29, 1.82) is 0 Å². The van der Waals surface area contributed by atoms with E-state index < -0.39 is 0 Å². The van der Waals surface area contributed by atoms with Crippen molar-refractivity contribution in [1.82, 2.24) is 9.38 Å². The fourth-order valence-electron chi connectivity index (χ4n) is 2.87. The van der Waals surface area contributed by atoms with Gasteiger partial charge in [-0.15, -0.1) is 11.3 Å². The number of aryl methyl sites for hydroxylation is 1. The fourth-order valence-corrected chi connectivity index (χ4v) is 3.57. The second-order valence-electron chi connectivity index (χ2n) is 5.86. The van der Waals surface area contributed by atoms with Crippen molar-refractivity contribution in [3.8, 4) is 11.3 Å². The highest BCUT2D eigenvalue weighted by Gasteiger charge is 2.17. The molecule has 124 valence electrons. The van der Waals surface area contributed by atoms with Crippen LogP contribution in [0.3, 0.4) is 0 Å². The number of thiophene rings is 1. The third-order valence-electron chi connectivity index (χ3n) is 4.07. The number of benzene rings is 1. The molecule has 25 heavy (non-hydrogen) atoms. The zero-order valence-corrected chi connectivity index (χ0v) is 14.6. The van der Waals surface area contributed by atoms with Crippen LogP contribution in [0.1, 0.15) is 10.4 Å². The first-order valence-corrected chi connectivity index (χ1v) is 8.95. The molecular weight excluding hydrogens is 330 g/mol. The van der Waals surface area contributed by atoms with E-state index in [4.69, 9.17) is 4.98 Å².